The van der Waals surface area contributed by atoms with E-state index in [0.29, 0.717) is 42.7 Å². The molecule has 1 N–H and O–H groups in total. The van der Waals surface area contributed by atoms with Gasteiger partial charge in [0.2, 0.25) is 18.6 Å². The van der Waals surface area contributed by atoms with Gasteiger partial charge in [0, 0.05) is 32.3 Å². The number of hydrogen-bond donors (Lipinski definition) is 1. The van der Waals surface area contributed by atoms with E-state index in [1.807, 2.05) is 47.4 Å². The van der Waals surface area contributed by atoms with E-state index in [4.69, 9.17) is 13.9 Å². The van der Waals surface area contributed by atoms with Gasteiger partial charge in [-0.25, -0.2) is 4.98 Å². The van der Waals surface area contributed by atoms with Gasteiger partial charge < -0.3 is 24.1 Å². The summed E-state index contributed by atoms with van der Waals surface area (Å²) in [7, 11) is 0. The standard InChI is InChI=1S/C24H26N6O4/c31-20-10-5-13-29(20)14-6-12-26-22-19(9-4-11-25-22)23-27-28-24(34-23)30(21-16-32-17-33-21)15-18-7-2-1-3-8-18/h1-4,7-9,11,16H,5-6,10,12-15,17H2,(H,25,26). The molecule has 2 aliphatic heterocycles. The minimum Gasteiger partial charge on any atom is -0.459 e. The lowest BCUT2D eigenvalue weighted by Crippen LogP contribution is -2.27. The van der Waals surface area contributed by atoms with E-state index < -0.39 is 0 Å². The van der Waals surface area contributed by atoms with Gasteiger partial charge in [0.15, 0.2) is 0 Å². The van der Waals surface area contributed by atoms with Gasteiger partial charge in [-0.2, -0.15) is 0 Å². The maximum absolute atomic E-state index is 11.8. The molecule has 2 aromatic heterocycles. The summed E-state index contributed by atoms with van der Waals surface area (Å²) < 4.78 is 16.9. The summed E-state index contributed by atoms with van der Waals surface area (Å²) in [4.78, 5) is 19.9. The maximum atomic E-state index is 11.8. The summed E-state index contributed by atoms with van der Waals surface area (Å²) >= 11 is 0. The second kappa shape index (κ2) is 10.2. The Morgan fingerprint density at radius 3 is 2.82 bits per heavy atom. The van der Waals surface area contributed by atoms with Crippen molar-refractivity contribution in [2.45, 2.75) is 25.8 Å². The van der Waals surface area contributed by atoms with Crippen LogP contribution in [0, 0.1) is 0 Å². The second-order valence-electron chi connectivity index (χ2n) is 8.01. The summed E-state index contributed by atoms with van der Waals surface area (Å²) in [6.07, 6.45) is 5.68. The van der Waals surface area contributed by atoms with Crippen molar-refractivity contribution in [3.8, 4) is 11.5 Å². The zero-order chi connectivity index (χ0) is 23.2. The van der Waals surface area contributed by atoms with Gasteiger partial charge in [-0.05, 0) is 30.5 Å². The third kappa shape index (κ3) is 4.95. The van der Waals surface area contributed by atoms with Crippen LogP contribution in [0.15, 0.2) is 65.2 Å². The Morgan fingerprint density at radius 2 is 2.03 bits per heavy atom. The Labute approximate surface area is 197 Å². The summed E-state index contributed by atoms with van der Waals surface area (Å²) in [6, 6.07) is 13.9. The number of rotatable bonds is 10. The molecule has 0 unspecified atom stereocenters. The fraction of sp³-hybridized carbons (Fsp3) is 0.333. The summed E-state index contributed by atoms with van der Waals surface area (Å²) in [5.41, 5.74) is 1.76. The Kier molecular flexibility index (Phi) is 6.55. The van der Waals surface area contributed by atoms with Gasteiger partial charge in [-0.15, -0.1) is 5.10 Å². The van der Waals surface area contributed by atoms with E-state index in [1.165, 1.54) is 6.26 Å². The van der Waals surface area contributed by atoms with Gasteiger partial charge in [-0.3, -0.25) is 9.69 Å². The number of benzene rings is 1. The van der Waals surface area contributed by atoms with Crippen molar-refractivity contribution < 1.29 is 18.7 Å². The molecule has 10 heteroatoms. The molecule has 0 bridgehead atoms. The van der Waals surface area contributed by atoms with Crippen molar-refractivity contribution in [1.29, 1.82) is 0 Å². The van der Waals surface area contributed by atoms with E-state index in [0.717, 1.165) is 31.5 Å². The number of aromatic nitrogens is 3. The minimum absolute atomic E-state index is 0.140. The molecular formula is C24H26N6O4. The Bertz CT molecular complexity index is 1150. The molecule has 1 saturated heterocycles. The van der Waals surface area contributed by atoms with Crippen molar-refractivity contribution in [2.24, 2.45) is 0 Å². The van der Waals surface area contributed by atoms with Crippen molar-refractivity contribution >= 4 is 17.7 Å². The molecule has 3 aromatic rings. The molecule has 1 aromatic carbocycles. The zero-order valence-corrected chi connectivity index (χ0v) is 18.7. The van der Waals surface area contributed by atoms with Crippen LogP contribution in [-0.2, 0) is 20.8 Å². The molecule has 2 aliphatic rings. The zero-order valence-electron chi connectivity index (χ0n) is 18.7. The van der Waals surface area contributed by atoms with Crippen molar-refractivity contribution in [1.82, 2.24) is 20.1 Å². The normalized spacial score (nSPS) is 15.1. The van der Waals surface area contributed by atoms with E-state index >= 15 is 0 Å². The average Bonchev–Trinajstić information content (AvgIpc) is 3.64. The molecule has 0 saturated carbocycles. The molecular weight excluding hydrogens is 436 g/mol. The number of likely N-dealkylation sites (tertiary alicyclic amines) is 1. The van der Waals surface area contributed by atoms with Crippen LogP contribution in [0.5, 0.6) is 0 Å². The fourth-order valence-corrected chi connectivity index (χ4v) is 3.95. The van der Waals surface area contributed by atoms with Crippen LogP contribution in [0.2, 0.25) is 0 Å². The molecule has 0 atom stereocenters. The van der Waals surface area contributed by atoms with Gasteiger partial charge in [0.25, 0.3) is 5.89 Å². The summed E-state index contributed by atoms with van der Waals surface area (Å²) in [5, 5.41) is 11.9. The van der Waals surface area contributed by atoms with Gasteiger partial charge in [0.1, 0.15) is 12.1 Å². The van der Waals surface area contributed by atoms with Crippen LogP contribution in [-0.4, -0.2) is 52.4 Å². The number of anilines is 2. The fourth-order valence-electron chi connectivity index (χ4n) is 3.95. The highest BCUT2D eigenvalue weighted by atomic mass is 16.7. The van der Waals surface area contributed by atoms with E-state index in [9.17, 15) is 4.79 Å². The van der Waals surface area contributed by atoms with Gasteiger partial charge in [-0.1, -0.05) is 35.4 Å². The van der Waals surface area contributed by atoms with E-state index in [1.54, 1.807) is 11.1 Å². The van der Waals surface area contributed by atoms with Crippen LogP contribution < -0.4 is 10.2 Å². The third-order valence-corrected chi connectivity index (χ3v) is 5.66. The molecule has 1 amide bonds. The summed E-state index contributed by atoms with van der Waals surface area (Å²) in [6.45, 7) is 2.88. The molecule has 0 spiro atoms. The summed E-state index contributed by atoms with van der Waals surface area (Å²) in [5.74, 6) is 1.74. The number of nitrogens with one attached hydrogen (secondary N) is 1. The maximum Gasteiger partial charge on any atom is 0.325 e. The number of ether oxygens (including phenoxy) is 2. The monoisotopic (exact) mass is 462 g/mol. The largest absolute Gasteiger partial charge is 0.459 e. The van der Waals surface area contributed by atoms with Crippen LogP contribution in [0.4, 0.5) is 11.8 Å². The first-order chi connectivity index (χ1) is 16.8. The predicted molar refractivity (Wildman–Crippen MR) is 124 cm³/mol. The smallest absolute Gasteiger partial charge is 0.325 e. The Morgan fingerprint density at radius 1 is 1.12 bits per heavy atom. The first kappa shape index (κ1) is 21.7. The number of amides is 1. The molecule has 176 valence electrons. The number of nitrogens with zero attached hydrogens (tertiary/aromatic N) is 5. The lowest BCUT2D eigenvalue weighted by molar-refractivity contribution is -0.127. The molecule has 0 radical (unpaired) electrons. The number of pyridine rings is 1. The quantitative estimate of drug-likeness (QED) is 0.454. The lowest BCUT2D eigenvalue weighted by atomic mass is 10.2. The van der Waals surface area contributed by atoms with Crippen LogP contribution in [0.1, 0.15) is 24.8 Å². The number of carbonyl (C=O) groups is 1. The first-order valence-electron chi connectivity index (χ1n) is 11.3. The molecule has 4 heterocycles. The SMILES string of the molecule is O=C1CCCN1CCCNc1ncccc1-c1nnc(N(Cc2ccccc2)C2=COCO2)o1. The second-order valence-corrected chi connectivity index (χ2v) is 8.01. The Balaban J connectivity index is 1.30. The van der Waals surface area contributed by atoms with Crippen LogP contribution in [0.3, 0.4) is 0 Å². The van der Waals surface area contributed by atoms with Gasteiger partial charge >= 0.3 is 6.01 Å². The Hall–Kier alpha value is -4.08. The van der Waals surface area contributed by atoms with E-state index in [-0.39, 0.29) is 18.7 Å². The first-order valence-corrected chi connectivity index (χ1v) is 11.3. The van der Waals surface area contributed by atoms with Crippen molar-refractivity contribution in [3.63, 3.8) is 0 Å². The highest BCUT2D eigenvalue weighted by Gasteiger charge is 2.25. The molecule has 5 rings (SSSR count). The van der Waals surface area contributed by atoms with E-state index in [2.05, 4.69) is 20.5 Å². The van der Waals surface area contributed by atoms with Crippen molar-refractivity contribution in [3.05, 3.63) is 66.4 Å². The average molecular weight is 463 g/mol. The third-order valence-electron chi connectivity index (χ3n) is 5.66. The van der Waals surface area contributed by atoms with Crippen LogP contribution in [0.25, 0.3) is 11.5 Å². The number of carbonyl (C=O) groups excluding carboxylic acids is 1. The minimum atomic E-state index is 0.140. The van der Waals surface area contributed by atoms with Crippen LogP contribution >= 0.6 is 0 Å². The van der Waals surface area contributed by atoms with Crippen molar-refractivity contribution in [2.75, 3.05) is 36.6 Å². The lowest BCUT2D eigenvalue weighted by Gasteiger charge is -2.19. The predicted octanol–water partition coefficient (Wildman–Crippen LogP) is 3.37. The highest BCUT2D eigenvalue weighted by Crippen LogP contribution is 2.30. The molecule has 1 fully saturated rings. The molecule has 34 heavy (non-hydrogen) atoms. The highest BCUT2D eigenvalue weighted by molar-refractivity contribution is 5.78. The van der Waals surface area contributed by atoms with Gasteiger partial charge in [0.05, 0.1) is 12.1 Å². The topological polar surface area (TPSA) is 106 Å². The molecule has 10 nitrogen and oxygen atoms in total. The molecule has 0 aliphatic carbocycles. The number of hydrogen-bond acceptors (Lipinski definition) is 9.